The average molecular weight is 319 g/mol. The number of hydrogen-bond acceptors (Lipinski definition) is 5. The van der Waals surface area contributed by atoms with Crippen LogP contribution in [-0.2, 0) is 9.53 Å². The fourth-order valence-corrected chi connectivity index (χ4v) is 7.49. The summed E-state index contributed by atoms with van der Waals surface area (Å²) in [6.45, 7) is 3.01. The molecule has 0 aliphatic carbocycles. The molecule has 3 aliphatic heterocycles. The number of hydrogen-bond donors (Lipinski definition) is 0. The van der Waals surface area contributed by atoms with E-state index in [1.165, 1.54) is 11.5 Å². The van der Waals surface area contributed by atoms with Crippen LogP contribution in [-0.4, -0.2) is 51.5 Å². The average Bonchev–Trinajstić information content (AvgIpc) is 2.86. The molecule has 0 bridgehead atoms. The molecule has 5 heteroatoms. The predicted octanol–water partition coefficient (Wildman–Crippen LogP) is 3.09. The van der Waals surface area contributed by atoms with Crippen LogP contribution in [0.2, 0.25) is 0 Å². The van der Waals surface area contributed by atoms with Gasteiger partial charge < -0.3 is 4.74 Å². The van der Waals surface area contributed by atoms with Gasteiger partial charge in [-0.2, -0.15) is 23.5 Å². The highest BCUT2D eigenvalue weighted by Gasteiger charge is 2.44. The van der Waals surface area contributed by atoms with Gasteiger partial charge in [0.25, 0.3) is 0 Å². The lowest BCUT2D eigenvalue weighted by molar-refractivity contribution is -0.133. The Hall–Kier alpha value is 0.680. The van der Waals surface area contributed by atoms with E-state index in [1.807, 2.05) is 35.3 Å². The second kappa shape index (κ2) is 6.20. The van der Waals surface area contributed by atoms with Crippen molar-refractivity contribution >= 4 is 41.1 Å². The van der Waals surface area contributed by atoms with E-state index in [4.69, 9.17) is 4.74 Å². The van der Waals surface area contributed by atoms with Crippen LogP contribution in [0.3, 0.4) is 0 Å². The van der Waals surface area contributed by atoms with Crippen molar-refractivity contribution in [1.29, 1.82) is 0 Å². The van der Waals surface area contributed by atoms with Gasteiger partial charge in [-0.25, -0.2) is 0 Å². The van der Waals surface area contributed by atoms with Crippen LogP contribution in [0.4, 0.5) is 0 Å². The Bertz CT molecular complexity index is 342. The molecule has 3 rings (SSSR count). The van der Waals surface area contributed by atoms with Crippen LogP contribution in [0.1, 0.15) is 26.2 Å². The molecule has 108 valence electrons. The maximum Gasteiger partial charge on any atom is 0.150 e. The van der Waals surface area contributed by atoms with E-state index in [9.17, 15) is 4.79 Å². The molecule has 0 radical (unpaired) electrons. The Morgan fingerprint density at radius 3 is 2.84 bits per heavy atom. The predicted molar refractivity (Wildman–Crippen MR) is 86.5 cm³/mol. The quantitative estimate of drug-likeness (QED) is 0.779. The molecule has 3 heterocycles. The van der Waals surface area contributed by atoms with Crippen LogP contribution in [0.5, 0.6) is 0 Å². The van der Waals surface area contributed by atoms with Crippen molar-refractivity contribution in [2.75, 3.05) is 29.6 Å². The highest BCUT2D eigenvalue weighted by atomic mass is 32.2. The molecule has 0 aromatic carbocycles. The first-order chi connectivity index (χ1) is 9.20. The van der Waals surface area contributed by atoms with Gasteiger partial charge in [0.2, 0.25) is 0 Å². The summed E-state index contributed by atoms with van der Waals surface area (Å²) in [7, 11) is 0. The number of rotatable bonds is 2. The smallest absolute Gasteiger partial charge is 0.150 e. The summed E-state index contributed by atoms with van der Waals surface area (Å²) in [6.07, 6.45) is 3.07. The van der Waals surface area contributed by atoms with Crippen LogP contribution in [0, 0.1) is 5.92 Å². The number of Topliss-reactive ketones (excluding diaryl/α,β-unsaturated/α-hetero) is 1. The summed E-state index contributed by atoms with van der Waals surface area (Å²) in [5, 5.41) is 0.718. The molecule has 0 aromatic rings. The molecule has 3 saturated heterocycles. The molecular formula is C14H22O2S3. The standard InChI is InChI=1S/C14H22O2S3/c1-10-13(19-7-6-18-10)12(15)11-2-4-16-14(8-11)3-5-17-9-14/h10-11,13H,2-9H2,1H3. The monoisotopic (exact) mass is 318 g/mol. The maximum absolute atomic E-state index is 12.8. The van der Waals surface area contributed by atoms with Gasteiger partial charge in [-0.3, -0.25) is 4.79 Å². The SMILES string of the molecule is CC1SCCSC1C(=O)C1CCOC2(CCSC2)C1. The van der Waals surface area contributed by atoms with Gasteiger partial charge in [0, 0.05) is 35.0 Å². The lowest BCUT2D eigenvalue weighted by Crippen LogP contribution is -2.45. The minimum Gasteiger partial charge on any atom is -0.374 e. The first kappa shape index (κ1) is 14.6. The molecule has 3 fully saturated rings. The molecular weight excluding hydrogens is 296 g/mol. The largest absolute Gasteiger partial charge is 0.374 e. The zero-order chi connectivity index (χ0) is 13.3. The van der Waals surface area contributed by atoms with Crippen molar-refractivity contribution in [3.05, 3.63) is 0 Å². The third-order valence-electron chi connectivity index (χ3n) is 4.43. The van der Waals surface area contributed by atoms with Crippen molar-refractivity contribution in [2.45, 2.75) is 42.3 Å². The van der Waals surface area contributed by atoms with E-state index in [0.717, 1.165) is 37.4 Å². The van der Waals surface area contributed by atoms with Gasteiger partial charge in [0.1, 0.15) is 5.78 Å². The first-order valence-electron chi connectivity index (χ1n) is 7.19. The fraction of sp³-hybridized carbons (Fsp3) is 0.929. The highest BCUT2D eigenvalue weighted by Crippen LogP contribution is 2.42. The van der Waals surface area contributed by atoms with Crippen molar-refractivity contribution in [3.63, 3.8) is 0 Å². The van der Waals surface area contributed by atoms with Gasteiger partial charge in [-0.05, 0) is 25.0 Å². The summed E-state index contributed by atoms with van der Waals surface area (Å²) >= 11 is 5.84. The third kappa shape index (κ3) is 3.14. The molecule has 4 unspecified atom stereocenters. The summed E-state index contributed by atoms with van der Waals surface area (Å²) in [5.74, 6) is 5.40. The van der Waals surface area contributed by atoms with Gasteiger partial charge in [-0.1, -0.05) is 6.92 Å². The van der Waals surface area contributed by atoms with E-state index >= 15 is 0 Å². The number of carbonyl (C=O) groups is 1. The number of ketones is 1. The molecule has 4 atom stereocenters. The zero-order valence-corrected chi connectivity index (χ0v) is 13.9. The fourth-order valence-electron chi connectivity index (χ4n) is 3.31. The Balaban J connectivity index is 1.65. The zero-order valence-electron chi connectivity index (χ0n) is 11.4. The number of ether oxygens (including phenoxy) is 1. The second-order valence-corrected chi connectivity index (χ2v) is 9.63. The summed E-state index contributed by atoms with van der Waals surface area (Å²) in [6, 6.07) is 0. The van der Waals surface area contributed by atoms with Crippen LogP contribution < -0.4 is 0 Å². The normalized spacial score (nSPS) is 43.5. The topological polar surface area (TPSA) is 26.3 Å². The van der Waals surface area contributed by atoms with Crippen molar-refractivity contribution < 1.29 is 9.53 Å². The summed E-state index contributed by atoms with van der Waals surface area (Å²) in [5.41, 5.74) is 0.0406. The lowest BCUT2D eigenvalue weighted by atomic mass is 9.82. The van der Waals surface area contributed by atoms with E-state index in [2.05, 4.69) is 6.92 Å². The van der Waals surface area contributed by atoms with E-state index < -0.39 is 0 Å². The first-order valence-corrected chi connectivity index (χ1v) is 10.4. The maximum atomic E-state index is 12.8. The Labute approximate surface area is 128 Å². The van der Waals surface area contributed by atoms with E-state index in [1.54, 1.807) is 0 Å². The van der Waals surface area contributed by atoms with Crippen LogP contribution in [0.25, 0.3) is 0 Å². The lowest BCUT2D eigenvalue weighted by Gasteiger charge is -2.39. The molecule has 3 aliphatic rings. The van der Waals surface area contributed by atoms with Gasteiger partial charge in [0.15, 0.2) is 0 Å². The Kier molecular flexibility index (Phi) is 4.77. The number of carbonyl (C=O) groups excluding carboxylic acids is 1. The Morgan fingerprint density at radius 2 is 2.11 bits per heavy atom. The molecule has 0 saturated carbocycles. The Morgan fingerprint density at radius 1 is 1.26 bits per heavy atom. The minimum atomic E-state index is 0.0406. The van der Waals surface area contributed by atoms with E-state index in [-0.39, 0.29) is 16.8 Å². The molecule has 2 nitrogen and oxygen atoms in total. The minimum absolute atomic E-state index is 0.0406. The van der Waals surface area contributed by atoms with Crippen molar-refractivity contribution in [1.82, 2.24) is 0 Å². The van der Waals surface area contributed by atoms with Gasteiger partial charge in [0.05, 0.1) is 10.9 Å². The van der Waals surface area contributed by atoms with Crippen LogP contribution in [0.15, 0.2) is 0 Å². The van der Waals surface area contributed by atoms with Crippen LogP contribution >= 0.6 is 35.3 Å². The third-order valence-corrected chi connectivity index (χ3v) is 8.76. The molecule has 0 aromatic heterocycles. The van der Waals surface area contributed by atoms with Gasteiger partial charge in [-0.15, -0.1) is 11.8 Å². The summed E-state index contributed by atoms with van der Waals surface area (Å²) in [4.78, 5) is 12.8. The molecule has 0 amide bonds. The van der Waals surface area contributed by atoms with Gasteiger partial charge >= 0.3 is 0 Å². The van der Waals surface area contributed by atoms with Crippen molar-refractivity contribution in [3.8, 4) is 0 Å². The van der Waals surface area contributed by atoms with Crippen molar-refractivity contribution in [2.24, 2.45) is 5.92 Å². The molecule has 1 spiro atoms. The highest BCUT2D eigenvalue weighted by molar-refractivity contribution is 8.07. The van der Waals surface area contributed by atoms with E-state index in [0.29, 0.717) is 11.0 Å². The summed E-state index contributed by atoms with van der Waals surface area (Å²) < 4.78 is 6.04. The molecule has 19 heavy (non-hydrogen) atoms. The number of thioether (sulfide) groups is 3. The second-order valence-electron chi connectivity index (χ2n) is 5.79. The molecule has 0 N–H and O–H groups in total.